The zero-order valence-corrected chi connectivity index (χ0v) is 11.5. The van der Waals surface area contributed by atoms with Crippen LogP contribution in [0.15, 0.2) is 24.3 Å². The van der Waals surface area contributed by atoms with Gasteiger partial charge in [0.1, 0.15) is 12.1 Å². The number of nitrogens with zero attached hydrogens (tertiary/aromatic N) is 2. The van der Waals surface area contributed by atoms with E-state index in [1.807, 2.05) is 6.07 Å². The number of primary amides is 1. The van der Waals surface area contributed by atoms with Gasteiger partial charge in [-0.1, -0.05) is 12.1 Å². The molecule has 1 fully saturated rings. The average molecular weight is 287 g/mol. The number of nitrogens with one attached hydrogen (secondary N) is 2. The molecule has 1 unspecified atom stereocenters. The third kappa shape index (κ3) is 3.78. The number of hydrogen-bond donors (Lipinski definition) is 3. The van der Waals surface area contributed by atoms with Crippen LogP contribution < -0.4 is 16.4 Å². The normalized spacial score (nSPS) is 18.7. The number of carbonyl (C=O) groups excluding carboxylic acids is 2. The van der Waals surface area contributed by atoms with Gasteiger partial charge in [0.2, 0.25) is 11.8 Å². The predicted molar refractivity (Wildman–Crippen MR) is 77.2 cm³/mol. The Bertz CT molecular complexity index is 581. The number of amides is 2. The summed E-state index contributed by atoms with van der Waals surface area (Å²) in [5, 5.41) is 14.7. The van der Waals surface area contributed by atoms with E-state index >= 15 is 0 Å². The number of para-hydroxylation sites is 1. The van der Waals surface area contributed by atoms with Crippen LogP contribution in [0.3, 0.4) is 0 Å². The number of hydrogen-bond acceptors (Lipinski definition) is 5. The Morgan fingerprint density at radius 1 is 1.48 bits per heavy atom. The Labute approximate surface area is 122 Å². The monoisotopic (exact) mass is 287 g/mol. The van der Waals surface area contributed by atoms with E-state index in [9.17, 15) is 9.59 Å². The maximum Gasteiger partial charge on any atom is 0.238 e. The number of piperazine rings is 1. The van der Waals surface area contributed by atoms with E-state index in [1.165, 1.54) is 0 Å². The van der Waals surface area contributed by atoms with Crippen LogP contribution in [0.4, 0.5) is 5.69 Å². The van der Waals surface area contributed by atoms with Crippen LogP contribution in [0, 0.1) is 11.3 Å². The minimum absolute atomic E-state index is 0.0645. The maximum absolute atomic E-state index is 12.1. The Morgan fingerprint density at radius 3 is 2.95 bits per heavy atom. The number of carbonyl (C=O) groups is 2. The van der Waals surface area contributed by atoms with Gasteiger partial charge in [0.05, 0.1) is 17.8 Å². The van der Waals surface area contributed by atoms with Gasteiger partial charge in [0, 0.05) is 19.6 Å². The number of benzene rings is 1. The van der Waals surface area contributed by atoms with Crippen molar-refractivity contribution in [1.29, 1.82) is 5.26 Å². The van der Waals surface area contributed by atoms with Gasteiger partial charge in [-0.05, 0) is 12.1 Å². The van der Waals surface area contributed by atoms with E-state index in [4.69, 9.17) is 11.0 Å². The summed E-state index contributed by atoms with van der Waals surface area (Å²) in [4.78, 5) is 25.2. The number of rotatable bonds is 4. The second kappa shape index (κ2) is 6.83. The Morgan fingerprint density at radius 2 is 2.24 bits per heavy atom. The largest absolute Gasteiger partial charge is 0.368 e. The van der Waals surface area contributed by atoms with Crippen molar-refractivity contribution < 1.29 is 9.59 Å². The van der Waals surface area contributed by atoms with Gasteiger partial charge >= 0.3 is 0 Å². The molecular formula is C14H17N5O2. The molecular weight excluding hydrogens is 270 g/mol. The van der Waals surface area contributed by atoms with E-state index in [0.717, 1.165) is 0 Å². The molecule has 1 atom stereocenters. The van der Waals surface area contributed by atoms with E-state index in [-0.39, 0.29) is 12.5 Å². The lowest BCUT2D eigenvalue weighted by Gasteiger charge is -2.33. The van der Waals surface area contributed by atoms with Gasteiger partial charge in [-0.25, -0.2) is 0 Å². The molecule has 1 aromatic rings. The van der Waals surface area contributed by atoms with Gasteiger partial charge in [0.15, 0.2) is 0 Å². The van der Waals surface area contributed by atoms with Gasteiger partial charge in [-0.15, -0.1) is 0 Å². The van der Waals surface area contributed by atoms with Crippen molar-refractivity contribution in [2.75, 3.05) is 31.5 Å². The molecule has 7 heteroatoms. The third-order valence-corrected chi connectivity index (χ3v) is 3.35. The molecule has 0 bridgehead atoms. The highest BCUT2D eigenvalue weighted by atomic mass is 16.2. The predicted octanol–water partition coefficient (Wildman–Crippen LogP) is -0.744. The summed E-state index contributed by atoms with van der Waals surface area (Å²) in [5.41, 5.74) is 6.21. The summed E-state index contributed by atoms with van der Waals surface area (Å²) in [5.74, 6) is -0.724. The fraction of sp³-hybridized carbons (Fsp3) is 0.357. The molecule has 1 aliphatic rings. The van der Waals surface area contributed by atoms with Crippen molar-refractivity contribution in [1.82, 2.24) is 10.2 Å². The summed E-state index contributed by atoms with van der Waals surface area (Å²) in [7, 11) is 0. The van der Waals surface area contributed by atoms with Gasteiger partial charge in [-0.2, -0.15) is 5.26 Å². The average Bonchev–Trinajstić information content (AvgIpc) is 2.48. The smallest absolute Gasteiger partial charge is 0.238 e. The number of nitrogens with two attached hydrogens (primary N) is 1. The Kier molecular flexibility index (Phi) is 4.87. The first-order chi connectivity index (χ1) is 10.1. The fourth-order valence-electron chi connectivity index (χ4n) is 2.28. The molecule has 1 aromatic carbocycles. The highest BCUT2D eigenvalue weighted by molar-refractivity contribution is 5.94. The van der Waals surface area contributed by atoms with E-state index in [1.54, 1.807) is 29.2 Å². The summed E-state index contributed by atoms with van der Waals surface area (Å²) in [6.07, 6.45) is 0. The van der Waals surface area contributed by atoms with Crippen LogP contribution >= 0.6 is 0 Å². The van der Waals surface area contributed by atoms with Crippen LogP contribution in [0.25, 0.3) is 0 Å². The lowest BCUT2D eigenvalue weighted by molar-refractivity contribution is -0.125. The molecule has 21 heavy (non-hydrogen) atoms. The SMILES string of the molecule is N#Cc1ccccc1NC(=O)CN1CCNCC1C(N)=O. The summed E-state index contributed by atoms with van der Waals surface area (Å²) in [6.45, 7) is 1.78. The molecule has 0 aliphatic carbocycles. The van der Waals surface area contributed by atoms with Crippen LogP contribution in [0.5, 0.6) is 0 Å². The van der Waals surface area contributed by atoms with E-state index < -0.39 is 11.9 Å². The summed E-state index contributed by atoms with van der Waals surface area (Å²) < 4.78 is 0. The first-order valence-electron chi connectivity index (χ1n) is 6.65. The molecule has 1 saturated heterocycles. The van der Waals surface area contributed by atoms with Crippen molar-refractivity contribution >= 4 is 17.5 Å². The second-order valence-electron chi connectivity index (χ2n) is 4.80. The topological polar surface area (TPSA) is 111 Å². The molecule has 110 valence electrons. The van der Waals surface area contributed by atoms with Crippen LogP contribution in [-0.2, 0) is 9.59 Å². The molecule has 0 saturated carbocycles. The molecule has 7 nitrogen and oxygen atoms in total. The Balaban J connectivity index is 2.01. The van der Waals surface area contributed by atoms with Gasteiger partial charge in [0.25, 0.3) is 0 Å². The zero-order valence-electron chi connectivity index (χ0n) is 11.5. The fourth-order valence-corrected chi connectivity index (χ4v) is 2.28. The lowest BCUT2D eigenvalue weighted by Crippen LogP contribution is -2.58. The van der Waals surface area contributed by atoms with Crippen molar-refractivity contribution in [3.05, 3.63) is 29.8 Å². The van der Waals surface area contributed by atoms with Crippen molar-refractivity contribution in [3.63, 3.8) is 0 Å². The van der Waals surface area contributed by atoms with Gasteiger partial charge < -0.3 is 16.4 Å². The summed E-state index contributed by atoms with van der Waals surface area (Å²) in [6, 6.07) is 8.30. The van der Waals surface area contributed by atoms with Crippen molar-refractivity contribution in [2.45, 2.75) is 6.04 Å². The highest BCUT2D eigenvalue weighted by Crippen LogP contribution is 2.13. The molecule has 4 N–H and O–H groups in total. The van der Waals surface area contributed by atoms with Crippen LogP contribution in [0.1, 0.15) is 5.56 Å². The maximum atomic E-state index is 12.1. The Hall–Kier alpha value is -2.43. The zero-order chi connectivity index (χ0) is 15.2. The third-order valence-electron chi connectivity index (χ3n) is 3.35. The molecule has 2 rings (SSSR count). The number of nitriles is 1. The minimum Gasteiger partial charge on any atom is -0.368 e. The highest BCUT2D eigenvalue weighted by Gasteiger charge is 2.28. The summed E-state index contributed by atoms with van der Waals surface area (Å²) >= 11 is 0. The quantitative estimate of drug-likeness (QED) is 0.675. The van der Waals surface area contributed by atoms with Crippen LogP contribution in [0.2, 0.25) is 0 Å². The van der Waals surface area contributed by atoms with Crippen LogP contribution in [-0.4, -0.2) is 48.9 Å². The molecule has 0 radical (unpaired) electrons. The molecule has 2 amide bonds. The van der Waals surface area contributed by atoms with E-state index in [2.05, 4.69) is 10.6 Å². The molecule has 1 aliphatic heterocycles. The van der Waals surface area contributed by atoms with Gasteiger partial charge in [-0.3, -0.25) is 14.5 Å². The minimum atomic E-state index is -0.490. The first-order valence-corrected chi connectivity index (χ1v) is 6.65. The first kappa shape index (κ1) is 15.0. The molecule has 0 aromatic heterocycles. The van der Waals surface area contributed by atoms with E-state index in [0.29, 0.717) is 30.9 Å². The van der Waals surface area contributed by atoms with Crippen molar-refractivity contribution in [2.24, 2.45) is 5.73 Å². The van der Waals surface area contributed by atoms with Crippen molar-refractivity contribution in [3.8, 4) is 6.07 Å². The number of anilines is 1. The lowest BCUT2D eigenvalue weighted by atomic mass is 10.1. The standard InChI is InChI=1S/C14H17N5O2/c15-7-10-3-1-2-4-11(10)18-13(20)9-19-6-5-17-8-12(19)14(16)21/h1-4,12,17H,5-6,8-9H2,(H2,16,21)(H,18,20). The second-order valence-corrected chi connectivity index (χ2v) is 4.80. The molecule has 0 spiro atoms. The molecule has 1 heterocycles.